The van der Waals surface area contributed by atoms with Crippen molar-refractivity contribution in [3.8, 4) is 17.7 Å². The van der Waals surface area contributed by atoms with Crippen molar-refractivity contribution in [1.82, 2.24) is 4.98 Å². The zero-order valence-electron chi connectivity index (χ0n) is 10.1. The molecule has 2 rings (SSSR count). The monoisotopic (exact) mass is 258 g/mol. The van der Waals surface area contributed by atoms with Crippen LogP contribution in [-0.4, -0.2) is 4.98 Å². The van der Waals surface area contributed by atoms with Crippen molar-refractivity contribution in [2.75, 3.05) is 0 Å². The average Bonchev–Trinajstić information content (AvgIpc) is 2.32. The molecule has 1 heterocycles. The number of aryl methyl sites for hydroxylation is 2. The Labute approximate surface area is 111 Å². The zero-order valence-corrected chi connectivity index (χ0v) is 10.8. The molecule has 18 heavy (non-hydrogen) atoms. The summed E-state index contributed by atoms with van der Waals surface area (Å²) in [5.74, 6) is 0.936. The number of nitriles is 1. The topological polar surface area (TPSA) is 45.9 Å². The highest BCUT2D eigenvalue weighted by Crippen LogP contribution is 2.26. The van der Waals surface area contributed by atoms with Crippen LogP contribution in [-0.2, 0) is 0 Å². The minimum absolute atomic E-state index is 0.331. The van der Waals surface area contributed by atoms with E-state index in [1.165, 1.54) is 0 Å². The Balaban J connectivity index is 2.40. The fourth-order valence-corrected chi connectivity index (χ4v) is 1.75. The van der Waals surface area contributed by atoms with Crippen LogP contribution in [0.25, 0.3) is 0 Å². The summed E-state index contributed by atoms with van der Waals surface area (Å²) >= 11 is 5.80. The van der Waals surface area contributed by atoms with Crippen LogP contribution < -0.4 is 4.74 Å². The minimum Gasteiger partial charge on any atom is -0.438 e. The average molecular weight is 259 g/mol. The summed E-state index contributed by atoms with van der Waals surface area (Å²) in [5.41, 5.74) is 2.12. The maximum absolute atomic E-state index is 9.12. The van der Waals surface area contributed by atoms with Crippen molar-refractivity contribution in [3.05, 3.63) is 52.2 Å². The van der Waals surface area contributed by atoms with Crippen molar-refractivity contribution in [2.45, 2.75) is 13.8 Å². The van der Waals surface area contributed by atoms with E-state index < -0.39 is 0 Å². The SMILES string of the molecule is Cc1cc(C)c(C#N)c(Oc2ccc(Cl)cc2)n1. The molecule has 0 aliphatic carbocycles. The second-order valence-electron chi connectivity index (χ2n) is 3.93. The number of nitrogens with zero attached hydrogens (tertiary/aromatic N) is 2. The summed E-state index contributed by atoms with van der Waals surface area (Å²) in [4.78, 5) is 4.24. The van der Waals surface area contributed by atoms with Gasteiger partial charge in [-0.2, -0.15) is 5.26 Å². The lowest BCUT2D eigenvalue weighted by atomic mass is 10.1. The third-order valence-electron chi connectivity index (χ3n) is 2.45. The molecule has 0 radical (unpaired) electrons. The Kier molecular flexibility index (Phi) is 3.50. The standard InChI is InChI=1S/C14H11ClN2O/c1-9-7-10(2)17-14(13(9)8-16)18-12-5-3-11(15)4-6-12/h3-7H,1-2H3. The molecule has 0 aliphatic heterocycles. The third kappa shape index (κ3) is 2.61. The van der Waals surface area contributed by atoms with Crippen molar-refractivity contribution >= 4 is 11.6 Å². The molecule has 90 valence electrons. The lowest BCUT2D eigenvalue weighted by Crippen LogP contribution is -1.96. The predicted octanol–water partition coefficient (Wildman–Crippen LogP) is 4.02. The molecule has 4 heteroatoms. The van der Waals surface area contributed by atoms with Crippen LogP contribution in [0.15, 0.2) is 30.3 Å². The molecule has 0 amide bonds. The van der Waals surface area contributed by atoms with Gasteiger partial charge < -0.3 is 4.74 Å². The fraction of sp³-hybridized carbons (Fsp3) is 0.143. The summed E-state index contributed by atoms with van der Waals surface area (Å²) in [5, 5.41) is 9.76. The van der Waals surface area contributed by atoms with E-state index in [1.807, 2.05) is 19.9 Å². The van der Waals surface area contributed by atoms with Crippen molar-refractivity contribution in [2.24, 2.45) is 0 Å². The lowest BCUT2D eigenvalue weighted by Gasteiger charge is -2.09. The third-order valence-corrected chi connectivity index (χ3v) is 2.70. The Morgan fingerprint density at radius 3 is 2.50 bits per heavy atom. The summed E-state index contributed by atoms with van der Waals surface area (Å²) in [6.07, 6.45) is 0. The molecule has 0 aliphatic rings. The van der Waals surface area contributed by atoms with E-state index in [1.54, 1.807) is 24.3 Å². The van der Waals surface area contributed by atoms with E-state index in [0.717, 1.165) is 11.3 Å². The molecular formula is C14H11ClN2O. The Hall–Kier alpha value is -2.05. The van der Waals surface area contributed by atoms with Gasteiger partial charge >= 0.3 is 0 Å². The number of halogens is 1. The Bertz CT molecular complexity index is 615. The molecule has 0 bridgehead atoms. The number of rotatable bonds is 2. The number of hydrogen-bond donors (Lipinski definition) is 0. The van der Waals surface area contributed by atoms with Crippen LogP contribution in [0.3, 0.4) is 0 Å². The van der Waals surface area contributed by atoms with E-state index in [2.05, 4.69) is 11.1 Å². The van der Waals surface area contributed by atoms with E-state index in [0.29, 0.717) is 22.2 Å². The smallest absolute Gasteiger partial charge is 0.237 e. The first kappa shape index (κ1) is 12.4. The molecule has 1 aromatic carbocycles. The van der Waals surface area contributed by atoms with Gasteiger partial charge in [0.05, 0.1) is 0 Å². The van der Waals surface area contributed by atoms with E-state index >= 15 is 0 Å². The van der Waals surface area contributed by atoms with Gasteiger partial charge in [-0.3, -0.25) is 0 Å². The molecule has 0 saturated heterocycles. The molecule has 0 N–H and O–H groups in total. The van der Waals surface area contributed by atoms with E-state index in [-0.39, 0.29) is 0 Å². The van der Waals surface area contributed by atoms with Gasteiger partial charge in [0.1, 0.15) is 17.4 Å². The highest BCUT2D eigenvalue weighted by molar-refractivity contribution is 6.30. The van der Waals surface area contributed by atoms with Crippen LogP contribution in [0, 0.1) is 25.2 Å². The van der Waals surface area contributed by atoms with Gasteiger partial charge in [0, 0.05) is 10.7 Å². The molecule has 0 fully saturated rings. The van der Waals surface area contributed by atoms with Crippen LogP contribution >= 0.6 is 11.6 Å². The van der Waals surface area contributed by atoms with Gasteiger partial charge in [-0.25, -0.2) is 4.98 Å². The van der Waals surface area contributed by atoms with Gasteiger partial charge in [0.2, 0.25) is 5.88 Å². The largest absolute Gasteiger partial charge is 0.438 e. The number of benzene rings is 1. The number of ether oxygens (including phenoxy) is 1. The number of hydrogen-bond acceptors (Lipinski definition) is 3. The zero-order chi connectivity index (χ0) is 13.1. The molecular weight excluding hydrogens is 248 g/mol. The fourth-order valence-electron chi connectivity index (χ4n) is 1.63. The molecule has 2 aromatic rings. The first-order chi connectivity index (χ1) is 8.60. The molecule has 0 unspecified atom stereocenters. The van der Waals surface area contributed by atoms with Crippen LogP contribution in [0.2, 0.25) is 5.02 Å². The summed E-state index contributed by atoms with van der Waals surface area (Å²) < 4.78 is 5.62. The lowest BCUT2D eigenvalue weighted by molar-refractivity contribution is 0.459. The second-order valence-corrected chi connectivity index (χ2v) is 4.36. The summed E-state index contributed by atoms with van der Waals surface area (Å²) in [6.45, 7) is 3.73. The molecule has 1 aromatic heterocycles. The van der Waals surface area contributed by atoms with Gasteiger partial charge in [0.15, 0.2) is 0 Å². The van der Waals surface area contributed by atoms with Gasteiger partial charge in [-0.15, -0.1) is 0 Å². The highest BCUT2D eigenvalue weighted by atomic mass is 35.5. The normalized spacial score (nSPS) is 9.89. The van der Waals surface area contributed by atoms with Crippen LogP contribution in [0.1, 0.15) is 16.8 Å². The molecule has 0 spiro atoms. The van der Waals surface area contributed by atoms with E-state index in [9.17, 15) is 0 Å². The first-order valence-electron chi connectivity index (χ1n) is 5.42. The molecule has 0 atom stereocenters. The van der Waals surface area contributed by atoms with Crippen LogP contribution in [0.4, 0.5) is 0 Å². The second kappa shape index (κ2) is 5.07. The first-order valence-corrected chi connectivity index (χ1v) is 5.79. The molecule has 0 saturated carbocycles. The number of aromatic nitrogens is 1. The van der Waals surface area contributed by atoms with E-state index in [4.69, 9.17) is 21.6 Å². The summed E-state index contributed by atoms with van der Waals surface area (Å²) in [7, 11) is 0. The van der Waals surface area contributed by atoms with Crippen LogP contribution in [0.5, 0.6) is 11.6 Å². The van der Waals surface area contributed by atoms with Crippen molar-refractivity contribution in [1.29, 1.82) is 5.26 Å². The Morgan fingerprint density at radius 2 is 1.89 bits per heavy atom. The van der Waals surface area contributed by atoms with Crippen molar-refractivity contribution < 1.29 is 4.74 Å². The predicted molar refractivity (Wildman–Crippen MR) is 70.0 cm³/mol. The van der Waals surface area contributed by atoms with Gasteiger partial charge in [-0.05, 0) is 49.7 Å². The number of pyridine rings is 1. The quantitative estimate of drug-likeness (QED) is 0.817. The highest BCUT2D eigenvalue weighted by Gasteiger charge is 2.10. The minimum atomic E-state index is 0.331. The van der Waals surface area contributed by atoms with Gasteiger partial charge in [0.25, 0.3) is 0 Å². The summed E-state index contributed by atoms with van der Waals surface area (Å²) in [6, 6.07) is 10.9. The molecule has 3 nitrogen and oxygen atoms in total. The van der Waals surface area contributed by atoms with Crippen molar-refractivity contribution in [3.63, 3.8) is 0 Å². The Morgan fingerprint density at radius 1 is 1.22 bits per heavy atom. The maximum Gasteiger partial charge on any atom is 0.237 e. The van der Waals surface area contributed by atoms with Gasteiger partial charge in [-0.1, -0.05) is 11.6 Å². The maximum atomic E-state index is 9.12.